The summed E-state index contributed by atoms with van der Waals surface area (Å²) in [5.41, 5.74) is -0.508. The van der Waals surface area contributed by atoms with Crippen molar-refractivity contribution in [1.29, 1.82) is 0 Å². The maximum atomic E-state index is 12.4. The Hall–Kier alpha value is -0.430. The van der Waals surface area contributed by atoms with E-state index in [4.69, 9.17) is 0 Å². The van der Waals surface area contributed by atoms with Crippen LogP contribution in [0.15, 0.2) is 16.3 Å². The molecule has 0 aliphatic heterocycles. The third-order valence-corrected chi connectivity index (χ3v) is 5.34. The SMILES string of the molecule is CC(C)(C)CC(C)(C)NS(=O)(=O)c1ccsc1CO. The average molecular weight is 305 g/mol. The fourth-order valence-corrected chi connectivity index (χ4v) is 5.17. The Morgan fingerprint density at radius 3 is 2.32 bits per heavy atom. The lowest BCUT2D eigenvalue weighted by Crippen LogP contribution is -2.45. The second-order valence-corrected chi connectivity index (χ2v) is 9.24. The highest BCUT2D eigenvalue weighted by molar-refractivity contribution is 7.89. The normalized spacial score (nSPS) is 13.8. The fourth-order valence-electron chi connectivity index (χ4n) is 2.46. The molecule has 1 rings (SSSR count). The Morgan fingerprint density at radius 2 is 1.84 bits per heavy atom. The van der Waals surface area contributed by atoms with Gasteiger partial charge in [-0.25, -0.2) is 13.1 Å². The second kappa shape index (κ2) is 5.52. The smallest absolute Gasteiger partial charge is 0.242 e. The van der Waals surface area contributed by atoms with E-state index in [1.54, 1.807) is 5.38 Å². The molecule has 6 heteroatoms. The van der Waals surface area contributed by atoms with Gasteiger partial charge in [-0.05, 0) is 37.1 Å². The summed E-state index contributed by atoms with van der Waals surface area (Å²) in [6.07, 6.45) is 0.720. The van der Waals surface area contributed by atoms with Gasteiger partial charge < -0.3 is 5.11 Å². The number of nitrogens with one attached hydrogen (secondary N) is 1. The topological polar surface area (TPSA) is 66.4 Å². The summed E-state index contributed by atoms with van der Waals surface area (Å²) in [5, 5.41) is 10.9. The lowest BCUT2D eigenvalue weighted by Gasteiger charge is -2.32. The van der Waals surface area contributed by atoms with E-state index in [1.165, 1.54) is 17.4 Å². The van der Waals surface area contributed by atoms with Gasteiger partial charge >= 0.3 is 0 Å². The first-order chi connectivity index (χ1) is 8.47. The van der Waals surface area contributed by atoms with E-state index >= 15 is 0 Å². The van der Waals surface area contributed by atoms with Crippen LogP contribution >= 0.6 is 11.3 Å². The summed E-state index contributed by atoms with van der Waals surface area (Å²) in [7, 11) is -3.59. The first-order valence-electron chi connectivity index (χ1n) is 6.18. The molecule has 2 N–H and O–H groups in total. The first kappa shape index (κ1) is 16.6. The molecule has 0 aliphatic rings. The maximum absolute atomic E-state index is 12.4. The van der Waals surface area contributed by atoms with Crippen molar-refractivity contribution in [2.75, 3.05) is 0 Å². The molecule has 0 aromatic carbocycles. The van der Waals surface area contributed by atoms with Gasteiger partial charge in [-0.3, -0.25) is 0 Å². The number of aliphatic hydroxyl groups is 1. The van der Waals surface area contributed by atoms with E-state index < -0.39 is 15.6 Å². The molecule has 0 bridgehead atoms. The van der Waals surface area contributed by atoms with E-state index in [9.17, 15) is 13.5 Å². The summed E-state index contributed by atoms with van der Waals surface area (Å²) >= 11 is 1.25. The van der Waals surface area contributed by atoms with Gasteiger partial charge in [0.2, 0.25) is 10.0 Å². The van der Waals surface area contributed by atoms with E-state index in [-0.39, 0.29) is 16.9 Å². The molecule has 1 aromatic rings. The van der Waals surface area contributed by atoms with Crippen LogP contribution in [0.1, 0.15) is 45.9 Å². The zero-order valence-corrected chi connectivity index (χ0v) is 13.8. The van der Waals surface area contributed by atoms with Crippen molar-refractivity contribution in [3.05, 3.63) is 16.3 Å². The molecule has 0 aliphatic carbocycles. The maximum Gasteiger partial charge on any atom is 0.242 e. The van der Waals surface area contributed by atoms with Crippen LogP contribution in [0.5, 0.6) is 0 Å². The largest absolute Gasteiger partial charge is 0.391 e. The number of thiophene rings is 1. The van der Waals surface area contributed by atoms with E-state index in [0.29, 0.717) is 4.88 Å². The lowest BCUT2D eigenvalue weighted by atomic mass is 9.82. The van der Waals surface area contributed by atoms with E-state index in [0.717, 1.165) is 6.42 Å². The molecule has 0 spiro atoms. The third-order valence-electron chi connectivity index (χ3n) is 2.52. The number of sulfonamides is 1. The molecule has 0 saturated heterocycles. The molecule has 110 valence electrons. The predicted molar refractivity (Wildman–Crippen MR) is 78.7 cm³/mol. The van der Waals surface area contributed by atoms with Crippen LogP contribution in [0.3, 0.4) is 0 Å². The first-order valence-corrected chi connectivity index (χ1v) is 8.54. The molecule has 4 nitrogen and oxygen atoms in total. The van der Waals surface area contributed by atoms with E-state index in [2.05, 4.69) is 25.5 Å². The van der Waals surface area contributed by atoms with Gasteiger partial charge in [0.1, 0.15) is 0 Å². The quantitative estimate of drug-likeness (QED) is 0.879. The van der Waals surface area contributed by atoms with Crippen molar-refractivity contribution in [2.45, 2.75) is 58.1 Å². The molecule has 1 heterocycles. The third kappa shape index (κ3) is 4.87. The Morgan fingerprint density at radius 1 is 1.26 bits per heavy atom. The molecular weight excluding hydrogens is 282 g/mol. The van der Waals surface area contributed by atoms with Crippen LogP contribution < -0.4 is 4.72 Å². The highest BCUT2D eigenvalue weighted by atomic mass is 32.2. The average Bonchev–Trinajstić information content (AvgIpc) is 2.58. The standard InChI is InChI=1S/C13H23NO3S2/c1-12(2,3)9-13(4,5)14-19(16,17)11-6-7-18-10(11)8-15/h6-7,14-15H,8-9H2,1-5H3. The van der Waals surface area contributed by atoms with Crippen molar-refractivity contribution in [1.82, 2.24) is 4.72 Å². The predicted octanol–water partition coefficient (Wildman–Crippen LogP) is 2.73. The minimum atomic E-state index is -3.59. The molecule has 0 fully saturated rings. The molecule has 0 amide bonds. The molecule has 1 aromatic heterocycles. The minimum absolute atomic E-state index is 0.0282. The Balaban J connectivity index is 2.98. The molecule has 0 saturated carbocycles. The van der Waals surface area contributed by atoms with Gasteiger partial charge in [0, 0.05) is 10.4 Å². The number of rotatable bonds is 5. The summed E-state index contributed by atoms with van der Waals surface area (Å²) in [6, 6.07) is 1.53. The molecule has 0 unspecified atom stereocenters. The van der Waals surface area contributed by atoms with E-state index in [1.807, 2.05) is 13.8 Å². The Bertz CT molecular complexity index is 524. The zero-order chi connectivity index (χ0) is 14.9. The monoisotopic (exact) mass is 305 g/mol. The van der Waals surface area contributed by atoms with Gasteiger partial charge in [-0.1, -0.05) is 20.8 Å². The summed E-state index contributed by atoms with van der Waals surface area (Å²) in [5.74, 6) is 0. The van der Waals surface area contributed by atoms with Gasteiger partial charge in [0.05, 0.1) is 11.5 Å². The van der Waals surface area contributed by atoms with Crippen LogP contribution in [0, 0.1) is 5.41 Å². The summed E-state index contributed by atoms with van der Waals surface area (Å²) < 4.78 is 27.5. The van der Waals surface area contributed by atoms with Gasteiger partial charge in [0.25, 0.3) is 0 Å². The highest BCUT2D eigenvalue weighted by Crippen LogP contribution is 2.29. The van der Waals surface area contributed by atoms with Crippen LogP contribution in [-0.4, -0.2) is 19.1 Å². The number of aliphatic hydroxyl groups excluding tert-OH is 1. The number of hydrogen-bond donors (Lipinski definition) is 2. The van der Waals surface area contributed by atoms with Crippen molar-refractivity contribution in [3.8, 4) is 0 Å². The van der Waals surface area contributed by atoms with Crippen molar-refractivity contribution < 1.29 is 13.5 Å². The summed E-state index contributed by atoms with van der Waals surface area (Å²) in [6.45, 7) is 9.72. The van der Waals surface area contributed by atoms with Crippen LogP contribution in [0.25, 0.3) is 0 Å². The molecule has 0 atom stereocenters. The van der Waals surface area contributed by atoms with Gasteiger partial charge in [0.15, 0.2) is 0 Å². The van der Waals surface area contributed by atoms with Crippen LogP contribution in [-0.2, 0) is 16.6 Å². The van der Waals surface area contributed by atoms with Gasteiger partial charge in [-0.15, -0.1) is 11.3 Å². The van der Waals surface area contributed by atoms with Crippen LogP contribution in [0.2, 0.25) is 0 Å². The van der Waals surface area contributed by atoms with Crippen LogP contribution in [0.4, 0.5) is 0 Å². The van der Waals surface area contributed by atoms with Gasteiger partial charge in [-0.2, -0.15) is 0 Å². The van der Waals surface area contributed by atoms with Crippen molar-refractivity contribution in [2.24, 2.45) is 5.41 Å². The molecule has 19 heavy (non-hydrogen) atoms. The van der Waals surface area contributed by atoms with Crippen molar-refractivity contribution in [3.63, 3.8) is 0 Å². The molecular formula is C13H23NO3S2. The number of hydrogen-bond acceptors (Lipinski definition) is 4. The minimum Gasteiger partial charge on any atom is -0.391 e. The Kier molecular flexibility index (Phi) is 4.83. The van der Waals surface area contributed by atoms with Crippen molar-refractivity contribution >= 4 is 21.4 Å². The molecule has 0 radical (unpaired) electrons. The Labute approximate surface area is 119 Å². The highest BCUT2D eigenvalue weighted by Gasteiger charge is 2.31. The lowest BCUT2D eigenvalue weighted by molar-refractivity contribution is 0.268. The zero-order valence-electron chi connectivity index (χ0n) is 12.1. The second-order valence-electron chi connectivity index (χ2n) is 6.59. The summed E-state index contributed by atoms with van der Waals surface area (Å²) in [4.78, 5) is 0.654. The fraction of sp³-hybridized carbons (Fsp3) is 0.692.